The van der Waals surface area contributed by atoms with Crippen molar-refractivity contribution >= 4 is 44.3 Å². The summed E-state index contributed by atoms with van der Waals surface area (Å²) in [6, 6.07) is 10.8. The van der Waals surface area contributed by atoms with Gasteiger partial charge in [0.2, 0.25) is 15.9 Å². The van der Waals surface area contributed by atoms with Crippen LogP contribution in [-0.2, 0) is 14.8 Å². The monoisotopic (exact) mass is 393 g/mol. The number of sulfonamides is 1. The predicted octanol–water partition coefficient (Wildman–Crippen LogP) is 3.05. The topological polar surface area (TPSA) is 92.5 Å². The van der Waals surface area contributed by atoms with Gasteiger partial charge in [-0.3, -0.25) is 4.79 Å². The Kier molecular flexibility index (Phi) is 4.99. The fraction of sp³-hybridized carbons (Fsp3) is 0.176. The maximum absolute atomic E-state index is 12.5. The molecule has 0 spiro atoms. The van der Waals surface area contributed by atoms with Gasteiger partial charge in [0.05, 0.1) is 11.4 Å². The first-order valence-corrected chi connectivity index (χ1v) is 9.46. The molecule has 0 saturated heterocycles. The fourth-order valence-corrected chi connectivity index (χ4v) is 3.65. The first-order chi connectivity index (χ1) is 12.3. The van der Waals surface area contributed by atoms with Gasteiger partial charge < -0.3 is 9.73 Å². The molecule has 3 rings (SSSR count). The Labute approximate surface area is 155 Å². The van der Waals surface area contributed by atoms with E-state index >= 15 is 0 Å². The van der Waals surface area contributed by atoms with E-state index in [2.05, 4.69) is 10.3 Å². The number of oxazole rings is 1. The molecule has 0 aliphatic carbocycles. The number of fused-ring (bicyclic) bond motifs is 1. The minimum atomic E-state index is -3.79. The Morgan fingerprint density at radius 3 is 2.62 bits per heavy atom. The third-order valence-corrected chi connectivity index (χ3v) is 5.74. The number of hydrogen-bond donors (Lipinski definition) is 1. The van der Waals surface area contributed by atoms with E-state index in [-0.39, 0.29) is 11.4 Å². The van der Waals surface area contributed by atoms with Crippen molar-refractivity contribution in [1.29, 1.82) is 0 Å². The maximum Gasteiger partial charge on any atom is 0.243 e. The van der Waals surface area contributed by atoms with Gasteiger partial charge in [-0.1, -0.05) is 11.6 Å². The molecular formula is C17H16ClN3O4S. The number of nitrogens with zero attached hydrogens (tertiary/aromatic N) is 2. The zero-order valence-corrected chi connectivity index (χ0v) is 15.6. The number of likely N-dealkylation sites (N-methyl/N-ethyl adjacent to an activating group) is 1. The van der Waals surface area contributed by atoms with Crippen molar-refractivity contribution in [2.24, 2.45) is 0 Å². The molecular weight excluding hydrogens is 378 g/mol. The number of aryl methyl sites for hydroxylation is 1. The lowest BCUT2D eigenvalue weighted by Crippen LogP contribution is -2.34. The molecule has 1 N–H and O–H groups in total. The summed E-state index contributed by atoms with van der Waals surface area (Å²) in [6.07, 6.45) is 0. The average Bonchev–Trinajstić information content (AvgIpc) is 2.94. The molecule has 7 nitrogen and oxygen atoms in total. The molecule has 0 fully saturated rings. The van der Waals surface area contributed by atoms with Crippen molar-refractivity contribution in [2.75, 3.05) is 18.9 Å². The van der Waals surface area contributed by atoms with Gasteiger partial charge in [-0.05, 0) is 42.5 Å². The summed E-state index contributed by atoms with van der Waals surface area (Å²) in [5, 5.41) is 3.09. The summed E-state index contributed by atoms with van der Waals surface area (Å²) in [5.41, 5.74) is 1.73. The average molecular weight is 394 g/mol. The Morgan fingerprint density at radius 1 is 1.23 bits per heavy atom. The summed E-state index contributed by atoms with van der Waals surface area (Å²) in [6.45, 7) is 1.40. The lowest BCUT2D eigenvalue weighted by Gasteiger charge is -2.17. The first kappa shape index (κ1) is 18.4. The van der Waals surface area contributed by atoms with E-state index in [0.29, 0.717) is 27.7 Å². The molecule has 1 amide bonds. The molecule has 0 unspecified atom stereocenters. The van der Waals surface area contributed by atoms with Crippen LogP contribution < -0.4 is 5.32 Å². The molecule has 0 aliphatic heterocycles. The third kappa shape index (κ3) is 3.87. The molecule has 0 radical (unpaired) electrons. The molecule has 26 heavy (non-hydrogen) atoms. The number of halogens is 1. The minimum Gasteiger partial charge on any atom is -0.441 e. The second-order valence-electron chi connectivity index (χ2n) is 5.68. The molecule has 0 aliphatic rings. The van der Waals surface area contributed by atoms with Gasteiger partial charge in [-0.15, -0.1) is 0 Å². The van der Waals surface area contributed by atoms with Crippen LogP contribution in [0.4, 0.5) is 5.69 Å². The van der Waals surface area contributed by atoms with Crippen molar-refractivity contribution in [3.05, 3.63) is 53.4 Å². The number of amides is 1. The molecule has 0 bridgehead atoms. The number of anilines is 1. The van der Waals surface area contributed by atoms with E-state index in [1.165, 1.54) is 31.3 Å². The summed E-state index contributed by atoms with van der Waals surface area (Å²) in [4.78, 5) is 16.5. The number of hydrogen-bond acceptors (Lipinski definition) is 5. The van der Waals surface area contributed by atoms with E-state index < -0.39 is 15.9 Å². The molecule has 0 atom stereocenters. The lowest BCUT2D eigenvalue weighted by molar-refractivity contribution is -0.116. The third-order valence-electron chi connectivity index (χ3n) is 3.67. The lowest BCUT2D eigenvalue weighted by atomic mass is 10.3. The summed E-state index contributed by atoms with van der Waals surface area (Å²) in [7, 11) is -2.45. The zero-order valence-electron chi connectivity index (χ0n) is 14.1. The van der Waals surface area contributed by atoms with E-state index in [9.17, 15) is 13.2 Å². The Bertz CT molecular complexity index is 1060. The second kappa shape index (κ2) is 7.06. The second-order valence-corrected chi connectivity index (χ2v) is 8.16. The molecule has 9 heteroatoms. The fourth-order valence-electron chi connectivity index (χ4n) is 2.39. The number of rotatable bonds is 5. The smallest absolute Gasteiger partial charge is 0.243 e. The highest BCUT2D eigenvalue weighted by Gasteiger charge is 2.23. The Morgan fingerprint density at radius 2 is 1.92 bits per heavy atom. The van der Waals surface area contributed by atoms with Gasteiger partial charge in [-0.2, -0.15) is 4.31 Å². The van der Waals surface area contributed by atoms with Crippen LogP contribution in [0.15, 0.2) is 51.8 Å². The van der Waals surface area contributed by atoms with Gasteiger partial charge in [0.25, 0.3) is 0 Å². The van der Waals surface area contributed by atoms with Gasteiger partial charge in [-0.25, -0.2) is 13.4 Å². The largest absolute Gasteiger partial charge is 0.441 e. The summed E-state index contributed by atoms with van der Waals surface area (Å²) in [5.74, 6) is 0.0573. The van der Waals surface area contributed by atoms with Gasteiger partial charge >= 0.3 is 0 Å². The zero-order chi connectivity index (χ0) is 18.9. The van der Waals surface area contributed by atoms with Crippen molar-refractivity contribution in [3.63, 3.8) is 0 Å². The van der Waals surface area contributed by atoms with Gasteiger partial charge in [0.15, 0.2) is 11.5 Å². The summed E-state index contributed by atoms with van der Waals surface area (Å²) >= 11 is 5.77. The van der Waals surface area contributed by atoms with E-state index in [0.717, 1.165) is 4.31 Å². The molecule has 3 aromatic rings. The van der Waals surface area contributed by atoms with Crippen LogP contribution >= 0.6 is 11.6 Å². The van der Waals surface area contributed by atoms with Crippen LogP contribution in [0.3, 0.4) is 0 Å². The molecule has 0 saturated carbocycles. The van der Waals surface area contributed by atoms with Crippen LogP contribution in [0.2, 0.25) is 5.02 Å². The highest BCUT2D eigenvalue weighted by atomic mass is 35.5. The van der Waals surface area contributed by atoms with Crippen LogP contribution in [0.25, 0.3) is 11.1 Å². The number of carbonyl (C=O) groups excluding carboxylic acids is 1. The first-order valence-electron chi connectivity index (χ1n) is 7.64. The predicted molar refractivity (Wildman–Crippen MR) is 98.6 cm³/mol. The highest BCUT2D eigenvalue weighted by Crippen LogP contribution is 2.20. The molecule has 136 valence electrons. The van der Waals surface area contributed by atoms with Crippen LogP contribution in [0.5, 0.6) is 0 Å². The number of benzene rings is 2. The minimum absolute atomic E-state index is 0.0664. The molecule has 1 aromatic heterocycles. The van der Waals surface area contributed by atoms with Crippen LogP contribution in [0, 0.1) is 6.92 Å². The van der Waals surface area contributed by atoms with E-state index in [4.69, 9.17) is 16.0 Å². The number of aromatic nitrogens is 1. The van der Waals surface area contributed by atoms with Crippen molar-refractivity contribution in [1.82, 2.24) is 9.29 Å². The number of nitrogens with one attached hydrogen (secondary N) is 1. The summed E-state index contributed by atoms with van der Waals surface area (Å²) < 4.78 is 31.3. The van der Waals surface area contributed by atoms with Gasteiger partial charge in [0, 0.05) is 24.7 Å². The normalized spacial score (nSPS) is 11.8. The van der Waals surface area contributed by atoms with Crippen LogP contribution in [-0.4, -0.2) is 37.2 Å². The highest BCUT2D eigenvalue weighted by molar-refractivity contribution is 7.89. The van der Waals surface area contributed by atoms with E-state index in [1.807, 2.05) is 0 Å². The Hall–Kier alpha value is -2.42. The van der Waals surface area contributed by atoms with Crippen LogP contribution in [0.1, 0.15) is 5.89 Å². The van der Waals surface area contributed by atoms with Gasteiger partial charge in [0.1, 0.15) is 5.52 Å². The Balaban J connectivity index is 1.70. The van der Waals surface area contributed by atoms with Crippen molar-refractivity contribution in [2.45, 2.75) is 11.8 Å². The SMILES string of the molecule is Cc1nc2cc(NC(=O)CN(C)S(=O)(=O)c3ccc(Cl)cc3)ccc2o1. The molecule has 1 heterocycles. The van der Waals surface area contributed by atoms with E-state index in [1.54, 1.807) is 25.1 Å². The van der Waals surface area contributed by atoms with Crippen molar-refractivity contribution < 1.29 is 17.6 Å². The number of carbonyl (C=O) groups is 1. The standard InChI is InChI=1S/C17H16ClN3O4S/c1-11-19-15-9-13(5-8-16(15)25-11)20-17(22)10-21(2)26(23,24)14-6-3-12(18)4-7-14/h3-9H,10H2,1-2H3,(H,20,22). The maximum atomic E-state index is 12.5. The quantitative estimate of drug-likeness (QED) is 0.719. The van der Waals surface area contributed by atoms with Crippen molar-refractivity contribution in [3.8, 4) is 0 Å². The molecule has 2 aromatic carbocycles.